The lowest BCUT2D eigenvalue weighted by molar-refractivity contribution is -0.385. The third-order valence-electron chi connectivity index (χ3n) is 2.52. The molecule has 106 valence electrons. The summed E-state index contributed by atoms with van der Waals surface area (Å²) in [4.78, 5) is 23.9. The molecule has 0 atom stereocenters. The first-order valence-corrected chi connectivity index (χ1v) is 5.77. The first-order valence-electron chi connectivity index (χ1n) is 5.77. The molecular weight excluding hydrogens is 276 g/mol. The summed E-state index contributed by atoms with van der Waals surface area (Å²) in [6.07, 6.45) is 2.55. The minimum absolute atomic E-state index is 0.00661. The first-order chi connectivity index (χ1) is 10.1. The Hall–Kier alpha value is -3.29. The van der Waals surface area contributed by atoms with Gasteiger partial charge in [0.2, 0.25) is 0 Å². The van der Waals surface area contributed by atoms with Crippen LogP contribution in [0.4, 0.5) is 22.7 Å². The lowest BCUT2D eigenvalue weighted by Crippen LogP contribution is -1.94. The number of anilines is 1. The molecule has 0 saturated carbocycles. The zero-order chi connectivity index (χ0) is 15.2. The number of benzene rings is 2. The predicted octanol–water partition coefficient (Wildman–Crippen LogP) is 3.15. The fourth-order valence-corrected chi connectivity index (χ4v) is 1.47. The van der Waals surface area contributed by atoms with Crippen molar-refractivity contribution in [3.63, 3.8) is 0 Å². The zero-order valence-corrected chi connectivity index (χ0v) is 10.6. The van der Waals surface area contributed by atoms with Gasteiger partial charge in [0.1, 0.15) is 0 Å². The fraction of sp³-hybridized carbons (Fsp3) is 0. The first kappa shape index (κ1) is 14.1. The number of aliphatic imine (C=N–C) groups is 1. The summed E-state index contributed by atoms with van der Waals surface area (Å²) < 4.78 is 0. The second-order valence-electron chi connectivity index (χ2n) is 3.93. The van der Waals surface area contributed by atoms with Gasteiger partial charge in [0.25, 0.3) is 11.4 Å². The van der Waals surface area contributed by atoms with E-state index in [1.807, 2.05) is 0 Å². The Bertz CT molecular complexity index is 680. The Morgan fingerprint density at radius 1 is 0.857 bits per heavy atom. The highest BCUT2D eigenvalue weighted by molar-refractivity contribution is 5.78. The average molecular weight is 285 g/mol. The molecule has 0 saturated heterocycles. The largest absolute Gasteiger partial charge is 0.452 e. The van der Waals surface area contributed by atoms with Crippen LogP contribution in [0, 0.1) is 20.2 Å². The van der Waals surface area contributed by atoms with Gasteiger partial charge in [-0.1, -0.05) is 30.0 Å². The third-order valence-corrected chi connectivity index (χ3v) is 2.52. The lowest BCUT2D eigenvalue weighted by Gasteiger charge is -2.07. The number of nitro groups is 2. The van der Waals surface area contributed by atoms with Crippen molar-refractivity contribution in [1.82, 2.24) is 0 Å². The topological polar surface area (TPSA) is 111 Å². The van der Waals surface area contributed by atoms with Gasteiger partial charge in [-0.15, -0.1) is 0 Å². The summed E-state index contributed by atoms with van der Waals surface area (Å²) >= 11 is 0. The smallest absolute Gasteiger partial charge is 0.267 e. The maximum atomic E-state index is 10.5. The van der Waals surface area contributed by atoms with Gasteiger partial charge >= 0.3 is 0 Å². The number of non-ortho nitro benzene ring substituents is 2. The molecule has 0 aliphatic heterocycles. The molecule has 0 radical (unpaired) electrons. The Morgan fingerprint density at radius 3 is 1.81 bits per heavy atom. The number of nitrogens with zero attached hydrogens (tertiary/aromatic N) is 3. The highest BCUT2D eigenvalue weighted by Crippen LogP contribution is 2.18. The molecule has 21 heavy (non-hydrogen) atoms. The van der Waals surface area contributed by atoms with Crippen LogP contribution in [0.2, 0.25) is 0 Å². The van der Waals surface area contributed by atoms with Gasteiger partial charge < -0.3 is 10.3 Å². The van der Waals surface area contributed by atoms with Crippen LogP contribution in [-0.4, -0.2) is 16.2 Å². The Morgan fingerprint density at radius 2 is 1.33 bits per heavy atom. The van der Waals surface area contributed by atoms with Gasteiger partial charge in [-0.2, -0.15) is 0 Å². The normalized spacial score (nSPS) is 10.5. The molecule has 2 rings (SSSR count). The van der Waals surface area contributed by atoms with E-state index in [9.17, 15) is 20.2 Å². The van der Waals surface area contributed by atoms with Crippen LogP contribution in [0.25, 0.3) is 0 Å². The van der Waals surface area contributed by atoms with Crippen LogP contribution in [0.15, 0.2) is 53.5 Å². The van der Waals surface area contributed by atoms with Crippen molar-refractivity contribution in [2.24, 2.45) is 4.99 Å². The van der Waals surface area contributed by atoms with Crippen molar-refractivity contribution in [3.8, 4) is 0 Å². The molecule has 0 aliphatic rings. The Balaban J connectivity index is 1.98. The fourth-order valence-electron chi connectivity index (χ4n) is 1.47. The van der Waals surface area contributed by atoms with Crippen LogP contribution in [-0.2, 0) is 0 Å². The van der Waals surface area contributed by atoms with E-state index in [2.05, 4.69) is 16.6 Å². The molecule has 0 bridgehead atoms. The monoisotopic (exact) mass is 285 g/mol. The molecule has 0 aromatic heterocycles. The summed E-state index contributed by atoms with van der Waals surface area (Å²) in [6.45, 7) is 0. The number of nitrogens with one attached hydrogen (secondary N) is 1. The molecule has 1 N–H and O–H groups in total. The maximum Gasteiger partial charge on any atom is 0.267 e. The Kier molecular flexibility index (Phi) is 4.20. The van der Waals surface area contributed by atoms with Crippen molar-refractivity contribution < 1.29 is 9.85 Å². The van der Waals surface area contributed by atoms with Gasteiger partial charge in [0.15, 0.2) is 0 Å². The summed E-state index contributed by atoms with van der Waals surface area (Å²) in [7, 11) is 0. The SMILES string of the molecule is O=[N+]([O-])c1ccc(N=[C-]Nc2ccc([N+](=O)[O-])cc2)cc1. The van der Waals surface area contributed by atoms with Crippen molar-refractivity contribution in [1.29, 1.82) is 0 Å². The number of rotatable bonds is 5. The van der Waals surface area contributed by atoms with Crippen LogP contribution in [0.3, 0.4) is 0 Å². The standard InChI is InChI=1S/C13H9N4O4/c18-16(19)12-5-1-10(2-6-12)14-9-15-11-3-7-13(8-4-11)17(20)21/h1-8H,(H,14,15)/q-1. The van der Waals surface area contributed by atoms with Crippen LogP contribution < -0.4 is 5.32 Å². The van der Waals surface area contributed by atoms with Gasteiger partial charge in [-0.3, -0.25) is 20.2 Å². The van der Waals surface area contributed by atoms with E-state index in [4.69, 9.17) is 0 Å². The van der Waals surface area contributed by atoms with Crippen LogP contribution in [0.5, 0.6) is 0 Å². The summed E-state index contributed by atoms with van der Waals surface area (Å²) in [5.41, 5.74) is 1.06. The molecular formula is C13H9N4O4-. The van der Waals surface area contributed by atoms with Gasteiger partial charge in [0.05, 0.1) is 9.85 Å². The number of hydrogen-bond donors (Lipinski definition) is 1. The van der Waals surface area contributed by atoms with Gasteiger partial charge in [0, 0.05) is 30.6 Å². The average Bonchev–Trinajstić information content (AvgIpc) is 2.48. The minimum Gasteiger partial charge on any atom is -0.452 e. The summed E-state index contributed by atoms with van der Waals surface area (Å²) in [5, 5.41) is 23.7. The quantitative estimate of drug-likeness (QED) is 0.226. The van der Waals surface area contributed by atoms with Gasteiger partial charge in [-0.05, 0) is 5.69 Å². The van der Waals surface area contributed by atoms with Gasteiger partial charge in [-0.25, -0.2) is 0 Å². The highest BCUT2D eigenvalue weighted by Gasteiger charge is 2.01. The van der Waals surface area contributed by atoms with Crippen LogP contribution in [0.1, 0.15) is 0 Å². The molecule has 0 heterocycles. The lowest BCUT2D eigenvalue weighted by atomic mass is 10.3. The van der Waals surface area contributed by atoms with Crippen molar-refractivity contribution in [2.75, 3.05) is 5.32 Å². The van der Waals surface area contributed by atoms with E-state index in [0.717, 1.165) is 0 Å². The molecule has 8 nitrogen and oxygen atoms in total. The van der Waals surface area contributed by atoms with E-state index in [1.165, 1.54) is 48.5 Å². The molecule has 2 aromatic carbocycles. The third kappa shape index (κ3) is 3.83. The van der Waals surface area contributed by atoms with Crippen molar-refractivity contribution >= 4 is 29.1 Å². The zero-order valence-electron chi connectivity index (χ0n) is 10.6. The minimum atomic E-state index is -0.494. The second-order valence-corrected chi connectivity index (χ2v) is 3.93. The molecule has 0 aliphatic carbocycles. The number of hydrogen-bond acceptors (Lipinski definition) is 5. The molecule has 0 fully saturated rings. The van der Waals surface area contributed by atoms with Crippen LogP contribution >= 0.6 is 0 Å². The van der Waals surface area contributed by atoms with Crippen molar-refractivity contribution in [2.45, 2.75) is 0 Å². The predicted molar refractivity (Wildman–Crippen MR) is 76.9 cm³/mol. The van der Waals surface area contributed by atoms with E-state index >= 15 is 0 Å². The Labute approximate surface area is 119 Å². The van der Waals surface area contributed by atoms with Crippen molar-refractivity contribution in [3.05, 3.63) is 68.8 Å². The second kappa shape index (κ2) is 6.24. The number of nitro benzene ring substituents is 2. The van der Waals surface area contributed by atoms with E-state index < -0.39 is 9.85 Å². The van der Waals surface area contributed by atoms with E-state index in [-0.39, 0.29) is 11.4 Å². The molecule has 2 aromatic rings. The van der Waals surface area contributed by atoms with E-state index in [0.29, 0.717) is 11.4 Å². The summed E-state index contributed by atoms with van der Waals surface area (Å²) in [5.74, 6) is 0. The molecule has 0 amide bonds. The highest BCUT2D eigenvalue weighted by atomic mass is 16.6. The van der Waals surface area contributed by atoms with E-state index in [1.54, 1.807) is 0 Å². The maximum absolute atomic E-state index is 10.5. The molecule has 0 unspecified atom stereocenters. The summed E-state index contributed by atoms with van der Waals surface area (Å²) in [6, 6.07) is 11.4. The molecule has 8 heteroatoms. The molecule has 0 spiro atoms.